The highest BCUT2D eigenvalue weighted by Gasteiger charge is 2.31. The summed E-state index contributed by atoms with van der Waals surface area (Å²) in [6.07, 6.45) is 0. The van der Waals surface area contributed by atoms with Crippen molar-refractivity contribution in [2.24, 2.45) is 7.05 Å². The third kappa shape index (κ3) is 18.7. The Bertz CT molecular complexity index is 7770. The maximum absolute atomic E-state index is 14.3. The van der Waals surface area contributed by atoms with Gasteiger partial charge in [0.2, 0.25) is 0 Å². The number of benzene rings is 14. The van der Waals surface area contributed by atoms with E-state index in [1.54, 1.807) is 111 Å². The molecule has 26 heteroatoms. The van der Waals surface area contributed by atoms with Crippen LogP contribution in [0.4, 0.5) is 17.6 Å². The molecule has 0 spiro atoms. The van der Waals surface area contributed by atoms with Crippen LogP contribution in [0, 0.1) is 85.6 Å². The van der Waals surface area contributed by atoms with Gasteiger partial charge in [0.15, 0.2) is 11.6 Å². The van der Waals surface area contributed by atoms with Crippen LogP contribution in [-0.2, 0) is 33.2 Å². The molecule has 14 aromatic carbocycles. The van der Waals surface area contributed by atoms with Gasteiger partial charge in [-0.25, -0.2) is 17.6 Å². The molecule has 0 aliphatic carbocycles. The first kappa shape index (κ1) is 93.7. The first-order valence-corrected chi connectivity index (χ1v) is 43.3. The van der Waals surface area contributed by atoms with E-state index in [1.807, 2.05) is 165 Å². The second kappa shape index (κ2) is 37.3. The summed E-state index contributed by atoms with van der Waals surface area (Å²) in [6.45, 7) is 18.8. The minimum absolute atomic E-state index is 0.0180. The molecule has 0 atom stereocenters. The van der Waals surface area contributed by atoms with Crippen molar-refractivity contribution in [1.29, 1.82) is 0 Å². The normalized spacial score (nSPS) is 12.7. The summed E-state index contributed by atoms with van der Waals surface area (Å²) >= 11 is 6.02. The number of carbonyl (C=O) groups is 4. The molecule has 4 amide bonds. The summed E-state index contributed by atoms with van der Waals surface area (Å²) in [5.74, 6) is -2.88. The van der Waals surface area contributed by atoms with Crippen molar-refractivity contribution in [3.8, 4) is 84.8 Å². The van der Waals surface area contributed by atoms with E-state index in [-0.39, 0.29) is 87.1 Å². The molecule has 17 aromatic rings. The van der Waals surface area contributed by atoms with Gasteiger partial charge in [0.1, 0.15) is 51.9 Å². The van der Waals surface area contributed by atoms with Gasteiger partial charge in [-0.15, -0.1) is 0 Å². The lowest BCUT2D eigenvalue weighted by atomic mass is 9.93. The Morgan fingerprint density at radius 3 is 1.16 bits per heavy atom. The van der Waals surface area contributed by atoms with E-state index in [2.05, 4.69) is 9.97 Å². The Morgan fingerprint density at radius 1 is 0.281 bits per heavy atom. The maximum atomic E-state index is 14.3. The van der Waals surface area contributed by atoms with Gasteiger partial charge in [-0.05, 0) is 242 Å². The maximum Gasteiger partial charge on any atom is 0.258 e. The lowest BCUT2D eigenvalue weighted by Crippen LogP contribution is -2.24. The standard InChI is InChI=1S/C17H17NO2.C16H14ClNO2.2C16H14FNO2.C15H12FNO2.C15H13NO2.C14H10FNO2/c1-10-4-5-13-14-7-11(2)16(19)8-12(14)9-18(3)17(20)15(13)6-10;1-9-3-4-11-12-7-14(17)15(19)6-10(12)8-18(2)16(20)13(11)5-9;1-9-3-4-12-13(5-9)16(20)18(2)8-10-6-11(19)7-14(17)15(10)12;1-9-3-4-11-12-7-14(17)15(19)6-10(12)8-18(2)16(20)13(11)5-9;1-8-3-4-10-11(5-8)15(19)17(2)13-7-9(18)6-12(16)14(10)13;1-8-3-4-10-11-6-9(2)14(17)7-13(11)16-15(18)12(10)5-8;1-7-2-3-9-10(4-7)14(18)16-12-6-8(17)5-11(15)13(9)12/h4-8,19H,9H2,1-3H3;3*3-7,19H,8H2,1-2H3;3-7,18H,1-2H3;3-7,17H,1-2H3,(H,16,18);2-6,17H,1H3,(H,16,18). The zero-order valence-electron chi connectivity index (χ0n) is 76.1. The first-order valence-electron chi connectivity index (χ1n) is 42.9. The van der Waals surface area contributed by atoms with Crippen LogP contribution >= 0.6 is 11.6 Å². The Morgan fingerprint density at radius 2 is 0.644 bits per heavy atom. The molecule has 7 heterocycles. The molecule has 684 valence electrons. The number of phenols is 7. The van der Waals surface area contributed by atoms with Crippen molar-refractivity contribution in [2.75, 3.05) is 28.2 Å². The number of nitrogens with one attached hydrogen (secondary N) is 2. The first-order chi connectivity index (χ1) is 64.0. The van der Waals surface area contributed by atoms with Crippen molar-refractivity contribution in [2.45, 2.75) is 88.5 Å². The van der Waals surface area contributed by atoms with Gasteiger partial charge >= 0.3 is 0 Å². The van der Waals surface area contributed by atoms with E-state index in [0.717, 1.165) is 124 Å². The predicted molar refractivity (Wildman–Crippen MR) is 521 cm³/mol. The van der Waals surface area contributed by atoms with E-state index in [4.69, 9.17) is 11.6 Å². The lowest BCUT2D eigenvalue weighted by molar-refractivity contribution is 0.0781. The molecule has 4 aliphatic heterocycles. The molecule has 0 radical (unpaired) electrons. The van der Waals surface area contributed by atoms with Crippen LogP contribution in [0.15, 0.2) is 227 Å². The number of aromatic hydroxyl groups is 7. The number of phenolic OH excluding ortho intramolecular Hbond substituents is 7. The molecule has 0 fully saturated rings. The Kier molecular flexibility index (Phi) is 25.9. The van der Waals surface area contributed by atoms with Gasteiger partial charge in [-0.3, -0.25) is 33.6 Å². The third-order valence-corrected chi connectivity index (χ3v) is 24.7. The van der Waals surface area contributed by atoms with Crippen LogP contribution in [0.5, 0.6) is 40.2 Å². The minimum atomic E-state index is -0.674. The van der Waals surface area contributed by atoms with Crippen molar-refractivity contribution in [1.82, 2.24) is 34.1 Å². The number of pyridine rings is 3. The topological polar surface area (TPSA) is 311 Å². The molecule has 0 unspecified atom stereocenters. The molecule has 0 bridgehead atoms. The van der Waals surface area contributed by atoms with E-state index in [0.29, 0.717) is 123 Å². The molecule has 0 saturated carbocycles. The summed E-state index contributed by atoms with van der Waals surface area (Å²) in [5, 5.41) is 72.9. The average molecular weight is 1840 g/mol. The third-order valence-electron chi connectivity index (χ3n) is 24.4. The number of hydrogen-bond donors (Lipinski definition) is 9. The van der Waals surface area contributed by atoms with Crippen LogP contribution < -0.4 is 16.7 Å². The zero-order valence-corrected chi connectivity index (χ0v) is 76.9. The molecule has 21 rings (SSSR count). The minimum Gasteiger partial charge on any atom is -0.508 e. The highest BCUT2D eigenvalue weighted by molar-refractivity contribution is 6.32. The van der Waals surface area contributed by atoms with Gasteiger partial charge in [-0.1, -0.05) is 135 Å². The Hall–Kier alpha value is -16.0. The molecular weight excluding hydrogens is 1740 g/mol. The van der Waals surface area contributed by atoms with Gasteiger partial charge < -0.3 is 69.9 Å². The summed E-state index contributed by atoms with van der Waals surface area (Å²) in [5.41, 5.74) is 21.2. The predicted octanol–water partition coefficient (Wildman–Crippen LogP) is 21.7. The van der Waals surface area contributed by atoms with Crippen LogP contribution in [0.1, 0.15) is 114 Å². The van der Waals surface area contributed by atoms with Crippen molar-refractivity contribution in [3.63, 3.8) is 0 Å². The molecule has 0 saturated heterocycles. The SMILES string of the molecule is Cc1ccc2c(c1)C(=O)N(C)Cc1cc(O)c(C)cc1-2.Cc1ccc2c(c1)C(=O)N(C)Cc1cc(O)c(Cl)cc1-2.Cc1ccc2c(c1)C(=O)N(C)Cc1cc(O)c(F)cc1-2.Cc1ccc2c(c1)C(=O)N(C)Cc1cc(O)cc(F)c1-2.Cc1ccc2c(c1)c(=O)[nH]c1cc(O)c(C)cc12.Cc1ccc2c(c1)c(=O)[nH]c1cc(O)cc(F)c12.Cc1ccc2c(c1)c(=O)n(C)c1cc(O)cc(F)c21. The fraction of sp³-hybridized carbons (Fsp3) is 0.165. The number of amides is 4. The molecule has 9 N–H and O–H groups in total. The number of carbonyl (C=O) groups excluding carboxylic acids is 4. The van der Waals surface area contributed by atoms with Gasteiger partial charge in [0, 0.05) is 158 Å². The smallest absolute Gasteiger partial charge is 0.258 e. The number of aryl methyl sites for hydroxylation is 10. The van der Waals surface area contributed by atoms with Crippen LogP contribution in [-0.4, -0.2) is 122 Å². The number of fused-ring (bicyclic) bond motifs is 21. The average Bonchev–Trinajstić information content (AvgIpc) is 0.919. The number of halogens is 5. The highest BCUT2D eigenvalue weighted by atomic mass is 35.5. The lowest BCUT2D eigenvalue weighted by Gasteiger charge is -2.15. The van der Waals surface area contributed by atoms with Crippen molar-refractivity contribution < 1.29 is 72.5 Å². The van der Waals surface area contributed by atoms with E-state index < -0.39 is 23.3 Å². The van der Waals surface area contributed by atoms with Crippen LogP contribution in [0.2, 0.25) is 5.02 Å². The monoisotopic (exact) mass is 1840 g/mol. The zero-order chi connectivity index (χ0) is 97.2. The van der Waals surface area contributed by atoms with Crippen molar-refractivity contribution >= 4 is 100 Å². The number of H-pyrrole nitrogens is 2. The number of aromatic amines is 2. The summed E-state index contributed by atoms with van der Waals surface area (Å²) < 4.78 is 57.3. The second-order valence-corrected chi connectivity index (χ2v) is 35.2. The Balaban J connectivity index is 0.000000120. The largest absolute Gasteiger partial charge is 0.508 e. The number of nitrogens with zero attached hydrogens (tertiary/aromatic N) is 5. The van der Waals surface area contributed by atoms with E-state index in [1.165, 1.54) is 39.8 Å². The highest BCUT2D eigenvalue weighted by Crippen LogP contribution is 2.43. The van der Waals surface area contributed by atoms with E-state index in [9.17, 15) is 86.9 Å². The molecule has 3 aromatic heterocycles. The molecular formula is C109H94ClF4N7O14. The van der Waals surface area contributed by atoms with E-state index >= 15 is 0 Å². The van der Waals surface area contributed by atoms with Gasteiger partial charge in [0.05, 0.1) is 21.6 Å². The number of aromatic nitrogens is 3. The van der Waals surface area contributed by atoms with Crippen LogP contribution in [0.3, 0.4) is 0 Å². The molecule has 4 aliphatic rings. The molecule has 21 nitrogen and oxygen atoms in total. The number of hydrogen-bond acceptors (Lipinski definition) is 14. The number of rotatable bonds is 0. The fourth-order valence-corrected chi connectivity index (χ4v) is 17.7. The Labute approximate surface area is 777 Å². The quantitative estimate of drug-likeness (QED) is 0.0504. The van der Waals surface area contributed by atoms with Gasteiger partial charge in [0.25, 0.3) is 40.3 Å². The molecule has 135 heavy (non-hydrogen) atoms. The summed E-state index contributed by atoms with van der Waals surface area (Å²) in [6, 6.07) is 59.9. The van der Waals surface area contributed by atoms with Gasteiger partial charge in [-0.2, -0.15) is 0 Å². The van der Waals surface area contributed by atoms with Crippen LogP contribution in [0.25, 0.3) is 110 Å². The summed E-state index contributed by atoms with van der Waals surface area (Å²) in [4.78, 5) is 97.8. The fourth-order valence-electron chi connectivity index (χ4n) is 17.5. The van der Waals surface area contributed by atoms with Crippen molar-refractivity contribution in [3.05, 3.63) is 366 Å². The summed E-state index contributed by atoms with van der Waals surface area (Å²) in [7, 11) is 8.50. The second-order valence-electron chi connectivity index (χ2n) is 34.8.